The first-order chi connectivity index (χ1) is 16.9. The van der Waals surface area contributed by atoms with Gasteiger partial charge >= 0.3 is 6.09 Å². The first-order valence-corrected chi connectivity index (χ1v) is 14.2. The van der Waals surface area contributed by atoms with E-state index < -0.39 is 21.7 Å². The molecule has 0 unspecified atom stereocenters. The predicted octanol–water partition coefficient (Wildman–Crippen LogP) is 4.05. The number of fused-ring (bicyclic) bond motifs is 1. The number of sulfonamides is 1. The van der Waals surface area contributed by atoms with Crippen LogP contribution >= 0.6 is 24.0 Å². The highest BCUT2D eigenvalue weighted by atomic mass is 35.5. The number of alkyl carbamates (subject to hydrolysis) is 1. The number of piperazine rings is 1. The number of amides is 2. The van der Waals surface area contributed by atoms with Gasteiger partial charge in [-0.05, 0) is 64.7 Å². The molecule has 1 N–H and O–H groups in total. The summed E-state index contributed by atoms with van der Waals surface area (Å²) in [6.07, 6.45) is 3.94. The Morgan fingerprint density at radius 1 is 1.08 bits per heavy atom. The van der Waals surface area contributed by atoms with Crippen LogP contribution in [0.1, 0.15) is 52.0 Å². The molecule has 2 aliphatic heterocycles. The third-order valence-corrected chi connectivity index (χ3v) is 8.98. The molecule has 0 bridgehead atoms. The van der Waals surface area contributed by atoms with E-state index in [9.17, 15) is 18.0 Å². The van der Waals surface area contributed by atoms with Gasteiger partial charge in [0.1, 0.15) is 18.0 Å². The highest BCUT2D eigenvalue weighted by molar-refractivity contribution is 7.93. The molecule has 9 nitrogen and oxygen atoms in total. The lowest BCUT2D eigenvalue weighted by Crippen LogP contribution is -2.53. The SMILES string of the molecule is CC(C)(C)OC(=O)NC1CCC(C(=O)N2CCN(S(=O)(=O)C3=Cc4c(Cl)cccc4OC3)CC2)CC1.Cl. The van der Waals surface area contributed by atoms with E-state index in [1.165, 1.54) is 4.31 Å². The maximum absolute atomic E-state index is 13.2. The minimum Gasteiger partial charge on any atom is -0.487 e. The van der Waals surface area contributed by atoms with E-state index in [-0.39, 0.29) is 54.9 Å². The molecule has 1 aromatic carbocycles. The normalized spacial score (nSPS) is 22.6. The molecule has 2 heterocycles. The Kier molecular flexibility index (Phi) is 9.42. The van der Waals surface area contributed by atoms with Crippen molar-refractivity contribution in [2.24, 2.45) is 5.92 Å². The molecule has 206 valence electrons. The predicted molar refractivity (Wildman–Crippen MR) is 144 cm³/mol. The minimum atomic E-state index is -3.73. The summed E-state index contributed by atoms with van der Waals surface area (Å²) in [5.41, 5.74) is 0.0138. The van der Waals surface area contributed by atoms with Gasteiger partial charge < -0.3 is 19.7 Å². The molecule has 1 aromatic rings. The average molecular weight is 577 g/mol. The number of hydrogen-bond acceptors (Lipinski definition) is 6. The fraction of sp³-hybridized carbons (Fsp3) is 0.600. The van der Waals surface area contributed by atoms with Gasteiger partial charge in [0.25, 0.3) is 0 Å². The van der Waals surface area contributed by atoms with Gasteiger partial charge in [0.2, 0.25) is 15.9 Å². The molecule has 37 heavy (non-hydrogen) atoms. The van der Waals surface area contributed by atoms with E-state index in [1.807, 2.05) is 20.8 Å². The Morgan fingerprint density at radius 3 is 2.35 bits per heavy atom. The zero-order valence-corrected chi connectivity index (χ0v) is 23.8. The molecule has 2 fully saturated rings. The topological polar surface area (TPSA) is 105 Å². The highest BCUT2D eigenvalue weighted by Crippen LogP contribution is 2.34. The lowest BCUT2D eigenvalue weighted by atomic mass is 9.85. The summed E-state index contributed by atoms with van der Waals surface area (Å²) in [7, 11) is -3.73. The van der Waals surface area contributed by atoms with Crippen LogP contribution in [-0.4, -0.2) is 74.1 Å². The number of benzene rings is 1. The summed E-state index contributed by atoms with van der Waals surface area (Å²) in [5, 5.41) is 3.33. The molecule has 2 amide bonds. The van der Waals surface area contributed by atoms with Crippen molar-refractivity contribution in [3.63, 3.8) is 0 Å². The lowest BCUT2D eigenvalue weighted by Gasteiger charge is -2.38. The van der Waals surface area contributed by atoms with Crippen molar-refractivity contribution in [1.82, 2.24) is 14.5 Å². The minimum absolute atomic E-state index is 0. The van der Waals surface area contributed by atoms with Crippen molar-refractivity contribution in [3.05, 3.63) is 33.7 Å². The standard InChI is InChI=1S/C25H34ClN3O6S.ClH/c1-25(2,3)35-24(31)27-18-9-7-17(8-10-18)23(30)28-11-13-29(14-12-28)36(32,33)19-15-20-21(26)5-4-6-22(20)34-16-19;/h4-6,15,17-18H,7-14,16H2,1-3H3,(H,27,31);1H. The van der Waals surface area contributed by atoms with Crippen molar-refractivity contribution in [1.29, 1.82) is 0 Å². The first kappa shape index (κ1) is 29.5. The van der Waals surface area contributed by atoms with Crippen LogP contribution in [-0.2, 0) is 19.6 Å². The van der Waals surface area contributed by atoms with E-state index in [2.05, 4.69) is 5.32 Å². The van der Waals surface area contributed by atoms with Crippen LogP contribution in [0.5, 0.6) is 5.75 Å². The molecule has 0 aromatic heterocycles. The number of halogens is 2. The van der Waals surface area contributed by atoms with Gasteiger partial charge in [0.05, 0.1) is 9.93 Å². The van der Waals surface area contributed by atoms with E-state index in [0.29, 0.717) is 55.1 Å². The summed E-state index contributed by atoms with van der Waals surface area (Å²) < 4.78 is 38.8. The molecular weight excluding hydrogens is 541 g/mol. The van der Waals surface area contributed by atoms with Crippen molar-refractivity contribution in [2.75, 3.05) is 32.8 Å². The number of nitrogens with zero attached hydrogens (tertiary/aromatic N) is 2. The summed E-state index contributed by atoms with van der Waals surface area (Å²) in [4.78, 5) is 27.0. The van der Waals surface area contributed by atoms with Crippen molar-refractivity contribution >= 4 is 52.1 Å². The average Bonchev–Trinajstić information content (AvgIpc) is 2.83. The van der Waals surface area contributed by atoms with Gasteiger partial charge in [0.15, 0.2) is 0 Å². The summed E-state index contributed by atoms with van der Waals surface area (Å²) >= 11 is 6.23. The van der Waals surface area contributed by atoms with Gasteiger partial charge in [-0.2, -0.15) is 4.31 Å². The Labute approximate surface area is 229 Å². The Hall–Kier alpha value is -2.01. The Bertz CT molecular complexity index is 1140. The molecule has 12 heteroatoms. The number of carbonyl (C=O) groups excluding carboxylic acids is 2. The summed E-state index contributed by atoms with van der Waals surface area (Å²) in [5.74, 6) is 0.509. The molecule has 0 atom stereocenters. The van der Waals surface area contributed by atoms with Crippen molar-refractivity contribution in [2.45, 2.75) is 58.1 Å². The van der Waals surface area contributed by atoms with Gasteiger partial charge in [-0.3, -0.25) is 4.79 Å². The van der Waals surface area contributed by atoms with Crippen LogP contribution in [0.4, 0.5) is 4.79 Å². The third-order valence-electron chi connectivity index (χ3n) is 6.71. The quantitative estimate of drug-likeness (QED) is 0.580. The number of nitrogens with one attached hydrogen (secondary N) is 1. The van der Waals surface area contributed by atoms with Crippen LogP contribution in [0.3, 0.4) is 0 Å². The van der Waals surface area contributed by atoms with Crippen LogP contribution < -0.4 is 10.1 Å². The Balaban J connectivity index is 0.00000380. The van der Waals surface area contributed by atoms with E-state index in [1.54, 1.807) is 29.2 Å². The molecule has 4 rings (SSSR count). The van der Waals surface area contributed by atoms with Crippen molar-refractivity contribution in [3.8, 4) is 5.75 Å². The van der Waals surface area contributed by atoms with Gasteiger partial charge in [-0.15, -0.1) is 12.4 Å². The largest absolute Gasteiger partial charge is 0.487 e. The summed E-state index contributed by atoms with van der Waals surface area (Å²) in [6.45, 7) is 6.58. The maximum atomic E-state index is 13.2. The molecule has 0 radical (unpaired) electrons. The molecule has 1 saturated heterocycles. The zero-order chi connectivity index (χ0) is 26.1. The highest BCUT2D eigenvalue weighted by Gasteiger charge is 2.36. The fourth-order valence-corrected chi connectivity index (χ4v) is 6.49. The second-order valence-corrected chi connectivity index (χ2v) is 12.9. The van der Waals surface area contributed by atoms with E-state index >= 15 is 0 Å². The van der Waals surface area contributed by atoms with Crippen LogP contribution in [0.15, 0.2) is 23.1 Å². The number of hydrogen-bond donors (Lipinski definition) is 1. The molecule has 1 saturated carbocycles. The molecule has 0 spiro atoms. The number of carbonyl (C=O) groups is 2. The van der Waals surface area contributed by atoms with Crippen LogP contribution in [0, 0.1) is 5.92 Å². The summed E-state index contributed by atoms with van der Waals surface area (Å²) in [6, 6.07) is 5.21. The molecule has 3 aliphatic rings. The van der Waals surface area contributed by atoms with Gasteiger partial charge in [-0.1, -0.05) is 17.7 Å². The molecule has 1 aliphatic carbocycles. The Morgan fingerprint density at radius 2 is 1.73 bits per heavy atom. The smallest absolute Gasteiger partial charge is 0.407 e. The lowest BCUT2D eigenvalue weighted by molar-refractivity contribution is -0.137. The van der Waals surface area contributed by atoms with Crippen molar-refractivity contribution < 1.29 is 27.5 Å². The monoisotopic (exact) mass is 575 g/mol. The van der Waals surface area contributed by atoms with E-state index in [4.69, 9.17) is 21.1 Å². The first-order valence-electron chi connectivity index (χ1n) is 12.3. The zero-order valence-electron chi connectivity index (χ0n) is 21.4. The molecular formula is C25H35Cl2N3O6S. The van der Waals surface area contributed by atoms with Crippen LogP contribution in [0.2, 0.25) is 5.02 Å². The number of ether oxygens (including phenoxy) is 2. The van der Waals surface area contributed by atoms with Crippen LogP contribution in [0.25, 0.3) is 6.08 Å². The van der Waals surface area contributed by atoms with E-state index in [0.717, 1.165) is 0 Å². The van der Waals surface area contributed by atoms with Gasteiger partial charge in [0, 0.05) is 43.7 Å². The third kappa shape index (κ3) is 7.10. The fourth-order valence-electron chi connectivity index (χ4n) is 4.82. The number of rotatable bonds is 4. The second kappa shape index (κ2) is 11.8. The van der Waals surface area contributed by atoms with Gasteiger partial charge in [-0.25, -0.2) is 13.2 Å². The second-order valence-electron chi connectivity index (χ2n) is 10.5. The maximum Gasteiger partial charge on any atom is 0.407 e.